The molecule has 52 heavy (non-hydrogen) atoms. The van der Waals surface area contributed by atoms with E-state index in [9.17, 15) is 24.0 Å². The smallest absolute Gasteiger partial charge is 0.323 e. The molecular weight excluding hydrogens is 656 g/mol. The minimum atomic E-state index is -0.737. The number of hydrogen-bond acceptors (Lipinski definition) is 6. The number of Topliss-reactive ketones (excluding diaryl/α,β-unsaturated/α-hetero) is 2. The lowest BCUT2D eigenvalue weighted by molar-refractivity contribution is -0.135. The average Bonchev–Trinajstić information content (AvgIpc) is 3.09. The number of anilines is 3. The second-order valence-corrected chi connectivity index (χ2v) is 15.0. The number of ether oxygens (including phenoxy) is 1. The van der Waals surface area contributed by atoms with Crippen LogP contribution in [-0.2, 0) is 14.4 Å². The number of amides is 4. The molecule has 0 saturated heterocycles. The van der Waals surface area contributed by atoms with Gasteiger partial charge in [-0.15, -0.1) is 0 Å². The van der Waals surface area contributed by atoms with Gasteiger partial charge in [0.2, 0.25) is 11.8 Å². The second kappa shape index (κ2) is 20.2. The molecule has 0 aromatic heterocycles. The van der Waals surface area contributed by atoms with E-state index in [0.717, 1.165) is 18.4 Å². The van der Waals surface area contributed by atoms with E-state index in [4.69, 9.17) is 4.74 Å². The van der Waals surface area contributed by atoms with Gasteiger partial charge in [0, 0.05) is 54.4 Å². The van der Waals surface area contributed by atoms with Crippen LogP contribution in [0.15, 0.2) is 72.8 Å². The fourth-order valence-electron chi connectivity index (χ4n) is 5.67. The Kier molecular flexibility index (Phi) is 16.1. The molecule has 4 amide bonds. The number of para-hydroxylation sites is 1. The maximum Gasteiger partial charge on any atom is 0.323 e. The first kappa shape index (κ1) is 41.4. The van der Waals surface area contributed by atoms with Gasteiger partial charge < -0.3 is 25.6 Å². The van der Waals surface area contributed by atoms with Crippen LogP contribution in [0.1, 0.15) is 95.5 Å². The fraction of sp³-hybridized carbons (Fsp3) is 0.452. The van der Waals surface area contributed by atoms with Crippen LogP contribution in [0.5, 0.6) is 5.75 Å². The van der Waals surface area contributed by atoms with E-state index in [0.29, 0.717) is 47.8 Å². The van der Waals surface area contributed by atoms with Gasteiger partial charge in [-0.3, -0.25) is 19.2 Å². The van der Waals surface area contributed by atoms with Gasteiger partial charge in [0.05, 0.1) is 13.7 Å². The van der Waals surface area contributed by atoms with Crippen molar-refractivity contribution in [1.82, 2.24) is 4.90 Å². The highest BCUT2D eigenvalue weighted by Crippen LogP contribution is 2.25. The molecule has 0 spiro atoms. The van der Waals surface area contributed by atoms with Gasteiger partial charge in [0.25, 0.3) is 0 Å². The molecule has 0 aliphatic rings. The number of carbonyl (C=O) groups is 5. The lowest BCUT2D eigenvalue weighted by Crippen LogP contribution is -2.40. The van der Waals surface area contributed by atoms with Crippen LogP contribution in [0.4, 0.5) is 21.9 Å². The number of aryl methyl sites for hydroxylation is 1. The summed E-state index contributed by atoms with van der Waals surface area (Å²) >= 11 is 0. The molecule has 280 valence electrons. The molecule has 0 saturated carbocycles. The first-order chi connectivity index (χ1) is 24.6. The highest BCUT2D eigenvalue weighted by atomic mass is 16.5. The highest BCUT2D eigenvalue weighted by Gasteiger charge is 2.28. The minimum Gasteiger partial charge on any atom is -0.497 e. The summed E-state index contributed by atoms with van der Waals surface area (Å²) in [5.74, 6) is -0.802. The molecule has 0 bridgehead atoms. The number of ketones is 2. The SMILES string of the molecule is COc1cccc(C(=O)C(CCC(=O)CCCC(C)(C)C)CC(=O)N(CCC(C)C)CC(=O)Nc2ccc(NC(=O)Nc3ccccc3C)cc2)c1. The molecule has 0 aliphatic carbocycles. The Bertz CT molecular complexity index is 1660. The predicted octanol–water partition coefficient (Wildman–Crippen LogP) is 8.92. The van der Waals surface area contributed by atoms with Crippen LogP contribution in [0.3, 0.4) is 0 Å². The van der Waals surface area contributed by atoms with E-state index in [1.165, 1.54) is 12.0 Å². The standard InChI is InChI=1S/C42H56N4O6/c1-29(2)23-25-46(28-38(48)43-33-18-20-34(21-19-33)44-41(51)45-37-16-9-8-12-30(37)3)39(49)27-32(17-22-35(47)14-11-24-42(4,5)6)40(50)31-13-10-15-36(26-31)52-7/h8-10,12-13,15-16,18-21,26,29,32H,11,14,17,22-25,27-28H2,1-7H3,(H,43,48)(H2,44,45,51). The molecule has 0 radical (unpaired) electrons. The number of benzene rings is 3. The van der Waals surface area contributed by atoms with Crippen molar-refractivity contribution in [2.45, 2.75) is 86.5 Å². The van der Waals surface area contributed by atoms with E-state index in [1.807, 2.05) is 45.0 Å². The van der Waals surface area contributed by atoms with Crippen molar-refractivity contribution in [3.05, 3.63) is 83.9 Å². The van der Waals surface area contributed by atoms with Crippen molar-refractivity contribution < 1.29 is 28.7 Å². The summed E-state index contributed by atoms with van der Waals surface area (Å²) in [6.45, 7) is 12.6. The second-order valence-electron chi connectivity index (χ2n) is 15.0. The first-order valence-corrected chi connectivity index (χ1v) is 18.1. The topological polar surface area (TPSA) is 134 Å². The molecule has 1 unspecified atom stereocenters. The Morgan fingerprint density at radius 2 is 1.48 bits per heavy atom. The summed E-state index contributed by atoms with van der Waals surface area (Å²) < 4.78 is 5.32. The summed E-state index contributed by atoms with van der Waals surface area (Å²) in [6, 6.07) is 20.6. The van der Waals surface area contributed by atoms with Crippen LogP contribution < -0.4 is 20.7 Å². The lowest BCUT2D eigenvalue weighted by atomic mass is 9.87. The van der Waals surface area contributed by atoms with Crippen molar-refractivity contribution in [2.24, 2.45) is 17.3 Å². The molecule has 3 aromatic rings. The van der Waals surface area contributed by atoms with Crippen LogP contribution in [0.2, 0.25) is 0 Å². The highest BCUT2D eigenvalue weighted by molar-refractivity contribution is 6.02. The number of rotatable bonds is 19. The predicted molar refractivity (Wildman–Crippen MR) is 208 cm³/mol. The molecule has 10 nitrogen and oxygen atoms in total. The van der Waals surface area contributed by atoms with Crippen LogP contribution in [-0.4, -0.2) is 54.5 Å². The molecule has 3 aromatic carbocycles. The monoisotopic (exact) mass is 712 g/mol. The Balaban J connectivity index is 1.68. The number of carbonyl (C=O) groups excluding carboxylic acids is 5. The molecule has 0 heterocycles. The number of urea groups is 1. The first-order valence-electron chi connectivity index (χ1n) is 18.1. The summed E-state index contributed by atoms with van der Waals surface area (Å²) in [5, 5.41) is 8.44. The Hall–Kier alpha value is -4.99. The van der Waals surface area contributed by atoms with Crippen molar-refractivity contribution >= 4 is 46.5 Å². The van der Waals surface area contributed by atoms with Crippen molar-refractivity contribution in [3.8, 4) is 5.75 Å². The van der Waals surface area contributed by atoms with Gasteiger partial charge in [-0.05, 0) is 92.0 Å². The zero-order chi connectivity index (χ0) is 38.3. The molecule has 0 fully saturated rings. The maximum atomic E-state index is 13.9. The van der Waals surface area contributed by atoms with E-state index in [2.05, 4.69) is 36.7 Å². The van der Waals surface area contributed by atoms with Crippen molar-refractivity contribution in [3.63, 3.8) is 0 Å². The Labute approximate surface area is 309 Å². The van der Waals surface area contributed by atoms with Crippen LogP contribution in [0.25, 0.3) is 0 Å². The van der Waals surface area contributed by atoms with Gasteiger partial charge in [0.1, 0.15) is 11.5 Å². The molecule has 3 N–H and O–H groups in total. The molecule has 3 rings (SSSR count). The number of methoxy groups -OCH3 is 1. The van der Waals surface area contributed by atoms with Crippen LogP contribution in [0, 0.1) is 24.2 Å². The van der Waals surface area contributed by atoms with Gasteiger partial charge in [0.15, 0.2) is 5.78 Å². The van der Waals surface area contributed by atoms with Crippen LogP contribution >= 0.6 is 0 Å². The van der Waals surface area contributed by atoms with E-state index >= 15 is 0 Å². The molecule has 1 atom stereocenters. The minimum absolute atomic E-state index is 0.0734. The average molecular weight is 713 g/mol. The van der Waals surface area contributed by atoms with Gasteiger partial charge in [-0.2, -0.15) is 0 Å². The van der Waals surface area contributed by atoms with E-state index in [-0.39, 0.29) is 60.5 Å². The summed E-state index contributed by atoms with van der Waals surface area (Å²) in [5.41, 5.74) is 3.22. The normalized spacial score (nSPS) is 11.8. The number of hydrogen-bond donors (Lipinski definition) is 3. The van der Waals surface area contributed by atoms with Gasteiger partial charge >= 0.3 is 6.03 Å². The third kappa shape index (κ3) is 14.7. The number of nitrogens with one attached hydrogen (secondary N) is 3. The summed E-state index contributed by atoms with van der Waals surface area (Å²) in [6.07, 6.45) is 3.11. The number of nitrogens with zero attached hydrogens (tertiary/aromatic N) is 1. The fourth-order valence-corrected chi connectivity index (χ4v) is 5.67. The summed E-state index contributed by atoms with van der Waals surface area (Å²) in [7, 11) is 1.52. The zero-order valence-electron chi connectivity index (χ0n) is 31.8. The Morgan fingerprint density at radius 1 is 0.808 bits per heavy atom. The maximum absolute atomic E-state index is 13.9. The largest absolute Gasteiger partial charge is 0.497 e. The van der Waals surface area contributed by atoms with Gasteiger partial charge in [-0.25, -0.2) is 4.79 Å². The summed E-state index contributed by atoms with van der Waals surface area (Å²) in [4.78, 5) is 67.8. The zero-order valence-corrected chi connectivity index (χ0v) is 31.8. The third-order valence-electron chi connectivity index (χ3n) is 8.78. The Morgan fingerprint density at radius 3 is 2.12 bits per heavy atom. The lowest BCUT2D eigenvalue weighted by Gasteiger charge is -2.25. The quantitative estimate of drug-likeness (QED) is 0.106. The molecular formula is C42H56N4O6. The van der Waals surface area contributed by atoms with Crippen molar-refractivity contribution in [2.75, 3.05) is 36.1 Å². The third-order valence-corrected chi connectivity index (χ3v) is 8.78. The van der Waals surface area contributed by atoms with Gasteiger partial charge in [-0.1, -0.05) is 65.0 Å². The molecule has 0 aliphatic heterocycles. The van der Waals surface area contributed by atoms with E-state index < -0.39 is 11.9 Å². The van der Waals surface area contributed by atoms with Crippen molar-refractivity contribution in [1.29, 1.82) is 0 Å². The molecule has 10 heteroatoms. The van der Waals surface area contributed by atoms with E-state index in [1.54, 1.807) is 48.5 Å².